The number of thioether (sulfide) groups is 1. The summed E-state index contributed by atoms with van der Waals surface area (Å²) in [5.41, 5.74) is 7.62. The molecule has 43 heavy (non-hydrogen) atoms. The maximum Gasteiger partial charge on any atom is 0.494 e. The third-order valence-corrected chi connectivity index (χ3v) is 11.0. The van der Waals surface area contributed by atoms with Crippen LogP contribution < -0.4 is 0 Å². The third-order valence-electron chi connectivity index (χ3n) is 9.63. The van der Waals surface area contributed by atoms with Gasteiger partial charge in [0.1, 0.15) is 0 Å². The minimum Gasteiger partial charge on any atom is -0.399 e. The van der Waals surface area contributed by atoms with Gasteiger partial charge in [0.2, 0.25) is 0 Å². The lowest BCUT2D eigenvalue weighted by molar-refractivity contribution is 0.00578. The Bertz CT molecular complexity index is 2000. The highest BCUT2D eigenvalue weighted by atomic mass is 32.2. The molecule has 3 heterocycles. The summed E-state index contributed by atoms with van der Waals surface area (Å²) in [6, 6.07) is 32.4. The second-order valence-electron chi connectivity index (χ2n) is 12.7. The van der Waals surface area contributed by atoms with E-state index >= 15 is 0 Å². The summed E-state index contributed by atoms with van der Waals surface area (Å²) in [6.45, 7) is 8.37. The topological polar surface area (TPSA) is 47.2 Å². The Kier molecular flexibility index (Phi) is 5.87. The Morgan fingerprint density at radius 1 is 0.837 bits per heavy atom. The van der Waals surface area contributed by atoms with Crippen LogP contribution in [0.4, 0.5) is 0 Å². The molecule has 4 aromatic carbocycles. The summed E-state index contributed by atoms with van der Waals surface area (Å²) in [7, 11) is -0.382. The predicted octanol–water partition coefficient (Wildman–Crippen LogP) is 9.01. The van der Waals surface area contributed by atoms with Crippen molar-refractivity contribution in [3.05, 3.63) is 120 Å². The summed E-state index contributed by atoms with van der Waals surface area (Å²) in [5, 5.41) is 12.9. The number of aromatic nitrogens is 1. The highest BCUT2D eigenvalue weighted by Crippen LogP contribution is 2.51. The Morgan fingerprint density at radius 2 is 1.51 bits per heavy atom. The van der Waals surface area contributed by atoms with E-state index in [4.69, 9.17) is 9.31 Å². The first-order valence-corrected chi connectivity index (χ1v) is 15.7. The van der Waals surface area contributed by atoms with Crippen LogP contribution >= 0.6 is 11.8 Å². The average molecular weight is 579 g/mol. The first-order chi connectivity index (χ1) is 20.7. The summed E-state index contributed by atoms with van der Waals surface area (Å²) < 4.78 is 15.1. The molecule has 4 nitrogen and oxygen atoms in total. The molecule has 3 aliphatic rings. The molecular formula is C37H31BN2O2S. The SMILES string of the molecule is CC1(C)OB(C2=CC3c4cc(-c5cc(-n6c7ccccc7c7ccccc76)ccc5C#N)ccc4SC3C=C2)OC1(C)C. The van der Waals surface area contributed by atoms with Gasteiger partial charge >= 0.3 is 7.12 Å². The molecule has 1 aromatic heterocycles. The normalized spacial score (nSPS) is 21.6. The second-order valence-corrected chi connectivity index (χ2v) is 13.9. The van der Waals surface area contributed by atoms with Crippen LogP contribution in [-0.2, 0) is 9.31 Å². The highest BCUT2D eigenvalue weighted by Gasteiger charge is 2.52. The van der Waals surface area contributed by atoms with E-state index in [1.807, 2.05) is 17.8 Å². The number of hydrogen-bond donors (Lipinski definition) is 0. The van der Waals surface area contributed by atoms with Crippen LogP contribution in [0.1, 0.15) is 44.7 Å². The number of benzene rings is 4. The van der Waals surface area contributed by atoms with Gasteiger partial charge in [0.05, 0.1) is 33.9 Å². The number of fused-ring (bicyclic) bond motifs is 6. The Hall–Kier alpha value is -4.02. The summed E-state index contributed by atoms with van der Waals surface area (Å²) in [6.07, 6.45) is 6.79. The van der Waals surface area contributed by atoms with Gasteiger partial charge in [0.15, 0.2) is 0 Å². The van der Waals surface area contributed by atoms with E-state index in [0.717, 1.165) is 33.3 Å². The summed E-state index contributed by atoms with van der Waals surface area (Å²) >= 11 is 1.90. The van der Waals surface area contributed by atoms with Crippen LogP contribution in [0, 0.1) is 11.3 Å². The first kappa shape index (κ1) is 26.6. The molecule has 2 unspecified atom stereocenters. The van der Waals surface area contributed by atoms with Crippen LogP contribution in [0.5, 0.6) is 0 Å². The quantitative estimate of drug-likeness (QED) is 0.201. The van der Waals surface area contributed by atoms with E-state index in [-0.39, 0.29) is 24.2 Å². The smallest absolute Gasteiger partial charge is 0.399 e. The molecule has 5 aromatic rings. The molecule has 0 radical (unpaired) electrons. The Labute approximate surface area is 256 Å². The fraction of sp³-hybridized carbons (Fsp3) is 0.216. The largest absolute Gasteiger partial charge is 0.494 e. The van der Waals surface area contributed by atoms with Crippen LogP contribution in [-0.4, -0.2) is 28.1 Å². The van der Waals surface area contributed by atoms with Crippen molar-refractivity contribution in [3.8, 4) is 22.9 Å². The fourth-order valence-corrected chi connectivity index (χ4v) is 7.94. The molecule has 0 bridgehead atoms. The molecule has 6 heteroatoms. The Morgan fingerprint density at radius 3 is 2.19 bits per heavy atom. The van der Waals surface area contributed by atoms with Crippen molar-refractivity contribution in [1.82, 2.24) is 4.57 Å². The van der Waals surface area contributed by atoms with Gasteiger partial charge in [-0.1, -0.05) is 60.7 Å². The van der Waals surface area contributed by atoms with Crippen molar-refractivity contribution in [2.24, 2.45) is 0 Å². The lowest BCUT2D eigenvalue weighted by atomic mass is 9.72. The zero-order chi connectivity index (χ0) is 29.5. The molecule has 0 spiro atoms. The number of nitriles is 1. The van der Waals surface area contributed by atoms with E-state index in [2.05, 4.69) is 135 Å². The molecule has 0 N–H and O–H groups in total. The number of hydrogen-bond acceptors (Lipinski definition) is 4. The molecule has 1 aliphatic carbocycles. The van der Waals surface area contributed by atoms with Crippen molar-refractivity contribution in [3.63, 3.8) is 0 Å². The van der Waals surface area contributed by atoms with Gasteiger partial charge in [-0.2, -0.15) is 5.26 Å². The summed E-state index contributed by atoms with van der Waals surface area (Å²) in [4.78, 5) is 1.28. The van der Waals surface area contributed by atoms with Crippen molar-refractivity contribution in [1.29, 1.82) is 5.26 Å². The van der Waals surface area contributed by atoms with Crippen LogP contribution in [0.25, 0.3) is 38.6 Å². The van der Waals surface area contributed by atoms with Gasteiger partial charge in [-0.05, 0) is 86.8 Å². The molecule has 1 fully saturated rings. The van der Waals surface area contributed by atoms with Gasteiger partial charge in [0.25, 0.3) is 0 Å². The van der Waals surface area contributed by atoms with Gasteiger partial charge in [-0.3, -0.25) is 0 Å². The molecule has 0 saturated carbocycles. The first-order valence-electron chi connectivity index (χ1n) is 14.8. The van der Waals surface area contributed by atoms with Crippen LogP contribution in [0.3, 0.4) is 0 Å². The number of rotatable bonds is 3. The third kappa shape index (κ3) is 4.07. The van der Waals surface area contributed by atoms with E-state index < -0.39 is 0 Å². The average Bonchev–Trinajstić information content (AvgIpc) is 3.62. The fourth-order valence-electron chi connectivity index (χ4n) is 6.64. The standard InChI is InChI=1S/C37H31BN2O2S/c1-36(2)37(3,4)42-38(41-36)25-15-18-35-31(20-25)30-19-23(14-17-34(30)43-35)29-21-26(16-13-24(29)22-39)40-32-11-7-5-9-27(32)28-10-6-8-12-33(28)40/h5-21,31,35H,1-4H3. The number of para-hydroxylation sites is 2. The van der Waals surface area contributed by atoms with Gasteiger partial charge in [0, 0.05) is 38.1 Å². The van der Waals surface area contributed by atoms with Crippen molar-refractivity contribution in [2.45, 2.75) is 55.0 Å². The van der Waals surface area contributed by atoms with Gasteiger partial charge in [-0.25, -0.2) is 0 Å². The summed E-state index contributed by atoms with van der Waals surface area (Å²) in [5.74, 6) is 0.213. The number of nitrogens with zero attached hydrogens (tertiary/aromatic N) is 2. The van der Waals surface area contributed by atoms with E-state index in [1.165, 1.54) is 21.2 Å². The zero-order valence-corrected chi connectivity index (χ0v) is 25.5. The molecule has 210 valence electrons. The molecular weight excluding hydrogens is 547 g/mol. The molecule has 2 aliphatic heterocycles. The molecule has 8 rings (SSSR count). The van der Waals surface area contributed by atoms with Crippen molar-refractivity contribution < 1.29 is 9.31 Å². The van der Waals surface area contributed by atoms with E-state index in [9.17, 15) is 5.26 Å². The Balaban J connectivity index is 1.21. The van der Waals surface area contributed by atoms with Crippen LogP contribution in [0.15, 0.2) is 114 Å². The van der Waals surface area contributed by atoms with Crippen molar-refractivity contribution in [2.75, 3.05) is 0 Å². The highest BCUT2D eigenvalue weighted by molar-refractivity contribution is 8.00. The lowest BCUT2D eigenvalue weighted by Gasteiger charge is -2.32. The van der Waals surface area contributed by atoms with Gasteiger partial charge in [-0.15, -0.1) is 11.8 Å². The van der Waals surface area contributed by atoms with Gasteiger partial charge < -0.3 is 13.9 Å². The molecule has 2 atom stereocenters. The lowest BCUT2D eigenvalue weighted by Crippen LogP contribution is -2.41. The van der Waals surface area contributed by atoms with Crippen LogP contribution in [0.2, 0.25) is 0 Å². The van der Waals surface area contributed by atoms with E-state index in [1.54, 1.807) is 0 Å². The van der Waals surface area contributed by atoms with Crippen molar-refractivity contribution >= 4 is 40.7 Å². The minimum atomic E-state index is -0.382. The maximum absolute atomic E-state index is 10.2. The monoisotopic (exact) mass is 578 g/mol. The molecule has 0 amide bonds. The van der Waals surface area contributed by atoms with E-state index in [0.29, 0.717) is 10.8 Å². The second kappa shape index (κ2) is 9.49. The number of allylic oxidation sites excluding steroid dienone is 3. The predicted molar refractivity (Wildman–Crippen MR) is 177 cm³/mol. The minimum absolute atomic E-state index is 0.213. The zero-order valence-electron chi connectivity index (χ0n) is 24.7. The molecule has 1 saturated heterocycles. The maximum atomic E-state index is 10.2.